The molecule has 1 unspecified atom stereocenters. The Labute approximate surface area is 153 Å². The van der Waals surface area contributed by atoms with Crippen molar-refractivity contribution in [3.63, 3.8) is 0 Å². The molecule has 0 saturated heterocycles. The minimum absolute atomic E-state index is 0.0511. The van der Waals surface area contributed by atoms with Crippen molar-refractivity contribution in [1.29, 1.82) is 0 Å². The number of carbonyl (C=O) groups excluding carboxylic acids is 2. The van der Waals surface area contributed by atoms with Crippen molar-refractivity contribution in [1.82, 2.24) is 4.90 Å². The van der Waals surface area contributed by atoms with Crippen LogP contribution in [0.2, 0.25) is 10.0 Å². The van der Waals surface area contributed by atoms with Crippen molar-refractivity contribution < 1.29 is 18.7 Å². The van der Waals surface area contributed by atoms with E-state index >= 15 is 0 Å². The first-order valence-electron chi connectivity index (χ1n) is 7.35. The first kappa shape index (κ1) is 17.5. The molecule has 0 aliphatic carbocycles. The third-order valence-electron chi connectivity index (χ3n) is 3.59. The zero-order valence-electron chi connectivity index (χ0n) is 12.8. The van der Waals surface area contributed by atoms with Crippen LogP contribution in [0.4, 0.5) is 4.39 Å². The van der Waals surface area contributed by atoms with E-state index in [2.05, 4.69) is 0 Å². The minimum atomic E-state index is -1.78. The normalized spacial score (nSPS) is 14.9. The Balaban J connectivity index is 1.62. The van der Waals surface area contributed by atoms with Gasteiger partial charge in [-0.3, -0.25) is 14.5 Å². The first-order valence-corrected chi connectivity index (χ1v) is 8.10. The van der Waals surface area contributed by atoms with Gasteiger partial charge in [0, 0.05) is 11.6 Å². The van der Waals surface area contributed by atoms with Crippen molar-refractivity contribution in [3.8, 4) is 5.75 Å². The van der Waals surface area contributed by atoms with Gasteiger partial charge >= 0.3 is 0 Å². The van der Waals surface area contributed by atoms with Crippen LogP contribution in [-0.2, 0) is 0 Å². The molecule has 7 heteroatoms. The summed E-state index contributed by atoms with van der Waals surface area (Å²) >= 11 is 11.7. The van der Waals surface area contributed by atoms with E-state index in [0.29, 0.717) is 16.1 Å². The van der Waals surface area contributed by atoms with Gasteiger partial charge in [0.25, 0.3) is 18.2 Å². The van der Waals surface area contributed by atoms with Crippen molar-refractivity contribution in [2.45, 2.75) is 6.36 Å². The van der Waals surface area contributed by atoms with Crippen LogP contribution in [0.1, 0.15) is 20.7 Å². The number of fused-ring (bicyclic) bond motifs is 1. The third kappa shape index (κ3) is 3.67. The molecule has 0 N–H and O–H groups in total. The van der Waals surface area contributed by atoms with E-state index in [1.54, 1.807) is 24.3 Å². The highest BCUT2D eigenvalue weighted by atomic mass is 35.5. The minimum Gasteiger partial charge on any atom is -0.455 e. The van der Waals surface area contributed by atoms with E-state index in [1.165, 1.54) is 24.3 Å². The van der Waals surface area contributed by atoms with Crippen molar-refractivity contribution >= 4 is 35.0 Å². The maximum atomic E-state index is 13.9. The van der Waals surface area contributed by atoms with Gasteiger partial charge in [-0.05, 0) is 36.4 Å². The molecule has 2 aromatic rings. The predicted octanol–water partition coefficient (Wildman–Crippen LogP) is 4.52. The summed E-state index contributed by atoms with van der Waals surface area (Å²) in [5.41, 5.74) is 0.698. The van der Waals surface area contributed by atoms with E-state index in [1.807, 2.05) is 0 Å². The highest BCUT2D eigenvalue weighted by Gasteiger charge is 2.34. The van der Waals surface area contributed by atoms with Gasteiger partial charge < -0.3 is 4.74 Å². The van der Waals surface area contributed by atoms with Crippen LogP contribution in [-0.4, -0.2) is 29.6 Å². The number of halogens is 3. The summed E-state index contributed by atoms with van der Waals surface area (Å²) in [6, 6.07) is 11.0. The van der Waals surface area contributed by atoms with Crippen LogP contribution < -0.4 is 4.74 Å². The number of nitrogens with zero attached hydrogens (tertiary/aromatic N) is 1. The fourth-order valence-corrected chi connectivity index (χ4v) is 2.86. The molecule has 0 saturated carbocycles. The molecule has 1 heterocycles. The second-order valence-corrected chi connectivity index (χ2v) is 6.08. The average molecular weight is 380 g/mol. The SMILES string of the molecule is O=C1c2ccccc2C(=O)N1CC=CC(F)Oc1ccc(Cl)cc1Cl. The number of hydrogen-bond acceptors (Lipinski definition) is 3. The molecule has 0 radical (unpaired) electrons. The molecule has 2 amide bonds. The second kappa shape index (κ2) is 7.25. The molecule has 0 spiro atoms. The average Bonchev–Trinajstić information content (AvgIpc) is 2.83. The molecule has 128 valence electrons. The second-order valence-electron chi connectivity index (χ2n) is 5.24. The van der Waals surface area contributed by atoms with Gasteiger partial charge in [-0.15, -0.1) is 0 Å². The lowest BCUT2D eigenvalue weighted by Crippen LogP contribution is -2.29. The highest BCUT2D eigenvalue weighted by Crippen LogP contribution is 2.28. The molecule has 1 aliphatic rings. The van der Waals surface area contributed by atoms with E-state index in [-0.39, 0.29) is 17.3 Å². The fourth-order valence-electron chi connectivity index (χ4n) is 2.41. The van der Waals surface area contributed by atoms with Gasteiger partial charge in [-0.1, -0.05) is 41.4 Å². The quantitative estimate of drug-likeness (QED) is 0.566. The maximum absolute atomic E-state index is 13.9. The third-order valence-corrected chi connectivity index (χ3v) is 4.12. The summed E-state index contributed by atoms with van der Waals surface area (Å²) in [5.74, 6) is -0.659. The van der Waals surface area contributed by atoms with E-state index in [9.17, 15) is 14.0 Å². The van der Waals surface area contributed by atoms with Gasteiger partial charge in [0.15, 0.2) is 0 Å². The van der Waals surface area contributed by atoms with Crippen molar-refractivity contribution in [3.05, 3.63) is 75.8 Å². The number of ether oxygens (including phenoxy) is 1. The molecular formula is C18H12Cl2FNO3. The molecule has 1 aliphatic heterocycles. The Hall–Kier alpha value is -2.37. The summed E-state index contributed by atoms with van der Waals surface area (Å²) < 4.78 is 19.0. The Morgan fingerprint density at radius 2 is 1.72 bits per heavy atom. The lowest BCUT2D eigenvalue weighted by atomic mass is 10.1. The number of benzene rings is 2. The number of rotatable bonds is 5. The molecule has 4 nitrogen and oxygen atoms in total. The first-order chi connectivity index (χ1) is 12.0. The summed E-state index contributed by atoms with van der Waals surface area (Å²) in [6.45, 7) is -0.0511. The molecule has 3 rings (SSSR count). The largest absolute Gasteiger partial charge is 0.455 e. The van der Waals surface area contributed by atoms with Gasteiger partial charge in [0.2, 0.25) is 0 Å². The molecule has 25 heavy (non-hydrogen) atoms. The monoisotopic (exact) mass is 379 g/mol. The summed E-state index contributed by atoms with van der Waals surface area (Å²) in [7, 11) is 0. The standard InChI is InChI=1S/C18H12Cl2FNO3/c19-11-7-8-15(14(20)10-11)25-16(21)6-3-9-22-17(23)12-4-1-2-5-13(12)18(22)24/h1-8,10,16H,9H2. The Bertz CT molecular complexity index is 834. The lowest BCUT2D eigenvalue weighted by molar-refractivity contribution is 0.0669. The molecule has 0 fully saturated rings. The zero-order chi connectivity index (χ0) is 18.0. The number of hydrogen-bond donors (Lipinski definition) is 0. The van der Waals surface area contributed by atoms with Crippen LogP contribution in [0, 0.1) is 0 Å². The Morgan fingerprint density at radius 3 is 2.32 bits per heavy atom. The summed E-state index contributed by atoms with van der Waals surface area (Å²) in [4.78, 5) is 25.4. The van der Waals surface area contributed by atoms with Crippen LogP contribution >= 0.6 is 23.2 Å². The maximum Gasteiger partial charge on any atom is 0.261 e. The molecule has 0 bridgehead atoms. The number of amides is 2. The summed E-state index contributed by atoms with van der Waals surface area (Å²) in [5, 5.41) is 0.595. The molecular weight excluding hydrogens is 368 g/mol. The van der Waals surface area contributed by atoms with Crippen LogP contribution in [0.3, 0.4) is 0 Å². The van der Waals surface area contributed by atoms with Gasteiger partial charge in [-0.2, -0.15) is 4.39 Å². The van der Waals surface area contributed by atoms with Gasteiger partial charge in [0.1, 0.15) is 5.75 Å². The topological polar surface area (TPSA) is 46.6 Å². The van der Waals surface area contributed by atoms with Gasteiger partial charge in [-0.25, -0.2) is 0 Å². The van der Waals surface area contributed by atoms with Crippen LogP contribution in [0.5, 0.6) is 5.75 Å². The predicted molar refractivity (Wildman–Crippen MR) is 92.9 cm³/mol. The van der Waals surface area contributed by atoms with Crippen molar-refractivity contribution in [2.75, 3.05) is 6.54 Å². The zero-order valence-corrected chi connectivity index (χ0v) is 14.3. The number of alkyl halides is 1. The van der Waals surface area contributed by atoms with Crippen molar-refractivity contribution in [2.24, 2.45) is 0 Å². The number of imide groups is 1. The summed E-state index contributed by atoms with van der Waals surface area (Å²) in [6.07, 6.45) is 0.679. The van der Waals surface area contributed by atoms with Crippen LogP contribution in [0.15, 0.2) is 54.6 Å². The lowest BCUT2D eigenvalue weighted by Gasteiger charge is -2.12. The molecule has 2 aromatic carbocycles. The Morgan fingerprint density at radius 1 is 1.08 bits per heavy atom. The van der Waals surface area contributed by atoms with E-state index < -0.39 is 18.2 Å². The smallest absolute Gasteiger partial charge is 0.261 e. The highest BCUT2D eigenvalue weighted by molar-refractivity contribution is 6.35. The fraction of sp³-hybridized carbons (Fsp3) is 0.111. The molecule has 0 aromatic heterocycles. The van der Waals surface area contributed by atoms with Gasteiger partial charge in [0.05, 0.1) is 16.1 Å². The molecule has 1 atom stereocenters. The van der Waals surface area contributed by atoms with E-state index in [4.69, 9.17) is 27.9 Å². The van der Waals surface area contributed by atoms with Crippen LogP contribution in [0.25, 0.3) is 0 Å². The van der Waals surface area contributed by atoms with E-state index in [0.717, 1.165) is 11.0 Å². The Kier molecular flexibility index (Phi) is 5.06. The number of carbonyl (C=O) groups is 2.